The van der Waals surface area contributed by atoms with E-state index in [0.29, 0.717) is 19.3 Å². The van der Waals surface area contributed by atoms with Crippen LogP contribution in [0, 0.1) is 5.41 Å². The van der Waals surface area contributed by atoms with E-state index in [1.807, 2.05) is 20.8 Å². The average Bonchev–Trinajstić information content (AvgIpc) is 2.04. The fourth-order valence-electron chi connectivity index (χ4n) is 2.88. The van der Waals surface area contributed by atoms with Crippen molar-refractivity contribution in [1.82, 2.24) is 5.32 Å². The number of rotatable bonds is 3. The highest BCUT2D eigenvalue weighted by molar-refractivity contribution is 6.28. The van der Waals surface area contributed by atoms with Crippen LogP contribution in [0.15, 0.2) is 0 Å². The molecule has 0 unspecified atom stereocenters. The first-order valence-corrected chi connectivity index (χ1v) is 6.34. The second-order valence-corrected chi connectivity index (χ2v) is 6.54. The minimum absolute atomic E-state index is 0.0719. The van der Waals surface area contributed by atoms with Crippen molar-refractivity contribution < 1.29 is 14.3 Å². The van der Waals surface area contributed by atoms with Crippen molar-refractivity contribution in [3.05, 3.63) is 0 Å². The number of ketones is 1. The SMILES string of the molecule is CC(C)(C)OC(=O)NC12CC(C(=O)CCl)(C1)C2. The van der Waals surface area contributed by atoms with E-state index in [2.05, 4.69) is 5.32 Å². The lowest BCUT2D eigenvalue weighted by Gasteiger charge is -2.69. The number of ether oxygens (including phenoxy) is 1. The highest BCUT2D eigenvalue weighted by Crippen LogP contribution is 2.67. The van der Waals surface area contributed by atoms with Gasteiger partial charge in [-0.25, -0.2) is 4.79 Å². The molecule has 3 aliphatic carbocycles. The van der Waals surface area contributed by atoms with Gasteiger partial charge in [-0.15, -0.1) is 11.6 Å². The Kier molecular flexibility index (Phi) is 2.69. The number of carbonyl (C=O) groups is 2. The average molecular weight is 260 g/mol. The summed E-state index contributed by atoms with van der Waals surface area (Å²) in [4.78, 5) is 23.1. The number of alkyl halides is 1. The smallest absolute Gasteiger partial charge is 0.408 e. The van der Waals surface area contributed by atoms with Gasteiger partial charge >= 0.3 is 6.09 Å². The highest BCUT2D eigenvalue weighted by atomic mass is 35.5. The summed E-state index contributed by atoms with van der Waals surface area (Å²) in [6.45, 7) is 5.48. The standard InChI is InChI=1S/C12H18ClNO3/c1-10(2,3)17-9(16)14-12-5-11(6-12,7-12)8(15)4-13/h4-7H2,1-3H3,(H,14,16). The van der Waals surface area contributed by atoms with Crippen LogP contribution in [0.5, 0.6) is 0 Å². The van der Waals surface area contributed by atoms with E-state index >= 15 is 0 Å². The van der Waals surface area contributed by atoms with Crippen LogP contribution in [0.3, 0.4) is 0 Å². The summed E-state index contributed by atoms with van der Waals surface area (Å²) in [7, 11) is 0. The predicted octanol–water partition coefficient (Wildman–Crippen LogP) is 2.24. The van der Waals surface area contributed by atoms with Gasteiger partial charge < -0.3 is 10.1 Å². The molecule has 3 fully saturated rings. The molecule has 0 aromatic heterocycles. The molecule has 96 valence electrons. The third-order valence-corrected chi connectivity index (χ3v) is 3.75. The molecule has 4 nitrogen and oxygen atoms in total. The molecule has 1 N–H and O–H groups in total. The van der Waals surface area contributed by atoms with Crippen LogP contribution in [0.25, 0.3) is 0 Å². The van der Waals surface area contributed by atoms with Gasteiger partial charge in [0.15, 0.2) is 5.78 Å². The van der Waals surface area contributed by atoms with Crippen molar-refractivity contribution in [2.45, 2.75) is 51.2 Å². The van der Waals surface area contributed by atoms with E-state index in [4.69, 9.17) is 16.3 Å². The van der Waals surface area contributed by atoms with E-state index in [9.17, 15) is 9.59 Å². The number of carbonyl (C=O) groups excluding carboxylic acids is 2. The Balaban J connectivity index is 1.82. The van der Waals surface area contributed by atoms with Crippen LogP contribution < -0.4 is 5.32 Å². The monoisotopic (exact) mass is 259 g/mol. The fraction of sp³-hybridized carbons (Fsp3) is 0.833. The van der Waals surface area contributed by atoms with Gasteiger partial charge in [-0.05, 0) is 40.0 Å². The zero-order valence-corrected chi connectivity index (χ0v) is 11.2. The second-order valence-electron chi connectivity index (χ2n) is 6.27. The van der Waals surface area contributed by atoms with E-state index in [0.717, 1.165) is 0 Å². The molecular weight excluding hydrogens is 242 g/mol. The summed E-state index contributed by atoms with van der Waals surface area (Å²) in [6, 6.07) is 0. The van der Waals surface area contributed by atoms with Crippen molar-refractivity contribution in [1.29, 1.82) is 0 Å². The first-order chi connectivity index (χ1) is 7.70. The van der Waals surface area contributed by atoms with E-state index < -0.39 is 11.7 Å². The second kappa shape index (κ2) is 3.61. The van der Waals surface area contributed by atoms with Crippen LogP contribution in [0.1, 0.15) is 40.0 Å². The molecule has 3 rings (SSSR count). The number of hydrogen-bond acceptors (Lipinski definition) is 3. The number of hydrogen-bond donors (Lipinski definition) is 1. The Morgan fingerprint density at radius 3 is 2.24 bits per heavy atom. The molecule has 17 heavy (non-hydrogen) atoms. The van der Waals surface area contributed by atoms with E-state index in [1.54, 1.807) is 0 Å². The largest absolute Gasteiger partial charge is 0.444 e. The Morgan fingerprint density at radius 1 is 1.29 bits per heavy atom. The molecule has 0 aromatic carbocycles. The van der Waals surface area contributed by atoms with E-state index in [-0.39, 0.29) is 22.6 Å². The Hall–Kier alpha value is -0.770. The summed E-state index contributed by atoms with van der Waals surface area (Å²) in [5.41, 5.74) is -0.932. The number of alkyl carbamates (subject to hydrolysis) is 1. The minimum Gasteiger partial charge on any atom is -0.444 e. The lowest BCUT2D eigenvalue weighted by Crippen LogP contribution is -2.77. The van der Waals surface area contributed by atoms with Crippen molar-refractivity contribution in [2.75, 3.05) is 5.88 Å². The van der Waals surface area contributed by atoms with Crippen LogP contribution in [-0.2, 0) is 9.53 Å². The summed E-state index contributed by atoms with van der Waals surface area (Å²) in [5, 5.41) is 2.86. The Bertz CT molecular complexity index is 353. The third-order valence-electron chi connectivity index (χ3n) is 3.51. The first-order valence-electron chi connectivity index (χ1n) is 5.81. The summed E-state index contributed by atoms with van der Waals surface area (Å²) in [5.74, 6) is 0.176. The van der Waals surface area contributed by atoms with Crippen molar-refractivity contribution in [3.8, 4) is 0 Å². The summed E-state index contributed by atoms with van der Waals surface area (Å²) < 4.78 is 5.19. The maximum absolute atomic E-state index is 11.6. The molecule has 5 heteroatoms. The van der Waals surface area contributed by atoms with Gasteiger partial charge in [0, 0.05) is 11.0 Å². The number of nitrogens with one attached hydrogen (secondary N) is 1. The molecule has 0 radical (unpaired) electrons. The van der Waals surface area contributed by atoms with Crippen LogP contribution in [0.2, 0.25) is 0 Å². The van der Waals surface area contributed by atoms with Gasteiger partial charge in [-0.3, -0.25) is 4.79 Å². The van der Waals surface area contributed by atoms with Crippen LogP contribution in [0.4, 0.5) is 4.79 Å². The van der Waals surface area contributed by atoms with Crippen molar-refractivity contribution in [2.24, 2.45) is 5.41 Å². The molecule has 0 heterocycles. The van der Waals surface area contributed by atoms with E-state index in [1.165, 1.54) is 0 Å². The molecule has 3 aliphatic rings. The molecule has 2 bridgehead atoms. The number of Topliss-reactive ketones (excluding diaryl/α,β-unsaturated/α-hetero) is 1. The zero-order chi connectivity index (χ0) is 12.9. The quantitative estimate of drug-likeness (QED) is 0.791. The Morgan fingerprint density at radius 2 is 1.82 bits per heavy atom. The number of halogens is 1. The highest BCUT2D eigenvalue weighted by Gasteiger charge is 2.71. The molecule has 0 atom stereocenters. The molecule has 0 saturated heterocycles. The molecule has 0 aromatic rings. The maximum atomic E-state index is 11.6. The summed E-state index contributed by atoms with van der Waals surface area (Å²) in [6.07, 6.45) is 1.74. The summed E-state index contributed by atoms with van der Waals surface area (Å²) >= 11 is 5.55. The Labute approximate surface area is 106 Å². The molecule has 0 spiro atoms. The number of amides is 1. The van der Waals surface area contributed by atoms with Gasteiger partial charge in [0.2, 0.25) is 0 Å². The first kappa shape index (κ1) is 12.7. The lowest BCUT2D eigenvalue weighted by atomic mass is 9.38. The van der Waals surface area contributed by atoms with Crippen molar-refractivity contribution >= 4 is 23.5 Å². The molecular formula is C12H18ClNO3. The lowest BCUT2D eigenvalue weighted by molar-refractivity contribution is -0.174. The van der Waals surface area contributed by atoms with Gasteiger partial charge in [-0.2, -0.15) is 0 Å². The van der Waals surface area contributed by atoms with Crippen LogP contribution >= 0.6 is 11.6 Å². The third kappa shape index (κ3) is 2.15. The normalized spacial score (nSPS) is 34.4. The zero-order valence-electron chi connectivity index (χ0n) is 10.4. The van der Waals surface area contributed by atoms with Gasteiger partial charge in [0.25, 0.3) is 0 Å². The minimum atomic E-state index is -0.489. The van der Waals surface area contributed by atoms with Gasteiger partial charge in [0.1, 0.15) is 5.60 Å². The predicted molar refractivity (Wildman–Crippen MR) is 64.1 cm³/mol. The van der Waals surface area contributed by atoms with Gasteiger partial charge in [-0.1, -0.05) is 0 Å². The maximum Gasteiger partial charge on any atom is 0.408 e. The van der Waals surface area contributed by atoms with Crippen LogP contribution in [-0.4, -0.2) is 28.9 Å². The topological polar surface area (TPSA) is 55.4 Å². The fourth-order valence-corrected chi connectivity index (χ4v) is 3.16. The molecule has 1 amide bonds. The molecule has 0 aliphatic heterocycles. The molecule has 3 saturated carbocycles. The van der Waals surface area contributed by atoms with Crippen molar-refractivity contribution in [3.63, 3.8) is 0 Å². The van der Waals surface area contributed by atoms with Gasteiger partial charge in [0.05, 0.1) is 5.88 Å².